The largest absolute Gasteiger partial charge is 0.507 e. The van der Waals surface area contributed by atoms with E-state index in [2.05, 4.69) is 0 Å². The average molecular weight is 238 g/mol. The van der Waals surface area contributed by atoms with Crippen LogP contribution in [0.2, 0.25) is 0 Å². The molecule has 1 amide bonds. The smallest absolute Gasteiger partial charge is 0.259 e. The number of rotatable bonds is 2. The van der Waals surface area contributed by atoms with Gasteiger partial charge in [0, 0.05) is 5.56 Å². The topological polar surface area (TPSA) is 87.1 Å². The first-order valence-electron chi connectivity index (χ1n) is 5.26. The van der Waals surface area contributed by atoms with Crippen molar-refractivity contribution in [3.63, 3.8) is 0 Å². The predicted molar refractivity (Wildman–Crippen MR) is 68.4 cm³/mol. The van der Waals surface area contributed by atoms with Crippen molar-refractivity contribution in [2.45, 2.75) is 0 Å². The summed E-state index contributed by atoms with van der Waals surface area (Å²) in [5.74, 6) is -0.812. The summed E-state index contributed by atoms with van der Waals surface area (Å²) in [5, 5.41) is 20.3. The number of primary amides is 1. The zero-order chi connectivity index (χ0) is 13.1. The number of fused-ring (bicyclic) bond motifs is 1. The molecule has 0 saturated carbocycles. The van der Waals surface area contributed by atoms with E-state index in [9.17, 15) is 9.90 Å². The molecular weight excluding hydrogens is 228 g/mol. The van der Waals surface area contributed by atoms with E-state index in [1.807, 2.05) is 18.2 Å². The molecule has 0 radical (unpaired) electrons. The Morgan fingerprint density at radius 2 is 2.00 bits per heavy atom. The third-order valence-corrected chi connectivity index (χ3v) is 2.62. The summed E-state index contributed by atoms with van der Waals surface area (Å²) >= 11 is 0. The summed E-state index contributed by atoms with van der Waals surface area (Å²) in [6.07, 6.45) is 1.31. The Balaban J connectivity index is 2.75. The molecule has 0 aliphatic carbocycles. The van der Waals surface area contributed by atoms with Crippen molar-refractivity contribution in [3.05, 3.63) is 47.5 Å². The molecule has 88 valence electrons. The molecule has 0 spiro atoms. The van der Waals surface area contributed by atoms with Crippen molar-refractivity contribution >= 4 is 22.8 Å². The Bertz CT molecular complexity index is 696. The minimum atomic E-state index is -0.815. The van der Waals surface area contributed by atoms with E-state index in [4.69, 9.17) is 11.0 Å². The van der Waals surface area contributed by atoms with Gasteiger partial charge in [0.1, 0.15) is 17.4 Å². The first-order chi connectivity index (χ1) is 8.63. The monoisotopic (exact) mass is 238 g/mol. The van der Waals surface area contributed by atoms with E-state index in [0.29, 0.717) is 5.56 Å². The Morgan fingerprint density at radius 3 is 2.67 bits per heavy atom. The summed E-state index contributed by atoms with van der Waals surface area (Å²) in [6, 6.07) is 12.4. The number of phenolic OH excluding ortho intramolecular Hbond substituents is 1. The van der Waals surface area contributed by atoms with Gasteiger partial charge in [-0.3, -0.25) is 4.79 Å². The van der Waals surface area contributed by atoms with E-state index < -0.39 is 5.91 Å². The van der Waals surface area contributed by atoms with Crippen LogP contribution in [0.25, 0.3) is 16.8 Å². The Hall–Kier alpha value is -2.80. The van der Waals surface area contributed by atoms with Gasteiger partial charge < -0.3 is 10.8 Å². The zero-order valence-corrected chi connectivity index (χ0v) is 9.42. The summed E-state index contributed by atoms with van der Waals surface area (Å²) in [5.41, 5.74) is 5.30. The molecular formula is C14H10N2O2. The van der Waals surface area contributed by atoms with Crippen LogP contribution in [0.4, 0.5) is 0 Å². The Labute approximate surface area is 104 Å². The van der Waals surface area contributed by atoms with E-state index in [1.165, 1.54) is 12.1 Å². The number of hydrogen-bond donors (Lipinski definition) is 2. The average Bonchev–Trinajstić information content (AvgIpc) is 2.37. The van der Waals surface area contributed by atoms with Gasteiger partial charge in [-0.1, -0.05) is 30.3 Å². The Morgan fingerprint density at radius 1 is 1.28 bits per heavy atom. The van der Waals surface area contributed by atoms with Crippen molar-refractivity contribution in [2.75, 3.05) is 0 Å². The maximum atomic E-state index is 11.0. The van der Waals surface area contributed by atoms with Crippen LogP contribution in [-0.4, -0.2) is 11.0 Å². The number of hydrogen-bond acceptors (Lipinski definition) is 3. The van der Waals surface area contributed by atoms with Crippen LogP contribution in [0, 0.1) is 11.3 Å². The van der Waals surface area contributed by atoms with Crippen molar-refractivity contribution in [1.29, 1.82) is 5.26 Å². The molecule has 0 unspecified atom stereocenters. The van der Waals surface area contributed by atoms with E-state index >= 15 is 0 Å². The zero-order valence-electron chi connectivity index (χ0n) is 9.42. The lowest BCUT2D eigenvalue weighted by atomic mass is 10.0. The van der Waals surface area contributed by atoms with Crippen LogP contribution in [-0.2, 0) is 4.79 Å². The van der Waals surface area contributed by atoms with Crippen LogP contribution in [0.5, 0.6) is 5.75 Å². The lowest BCUT2D eigenvalue weighted by Gasteiger charge is -2.05. The molecule has 18 heavy (non-hydrogen) atoms. The van der Waals surface area contributed by atoms with Gasteiger partial charge in [-0.15, -0.1) is 0 Å². The highest BCUT2D eigenvalue weighted by molar-refractivity contribution is 6.04. The second kappa shape index (κ2) is 4.60. The van der Waals surface area contributed by atoms with Crippen LogP contribution >= 0.6 is 0 Å². The quantitative estimate of drug-likeness (QED) is 0.619. The van der Waals surface area contributed by atoms with Gasteiger partial charge in [-0.05, 0) is 22.9 Å². The van der Waals surface area contributed by atoms with Gasteiger partial charge in [-0.2, -0.15) is 5.26 Å². The van der Waals surface area contributed by atoms with Crippen LogP contribution in [0.1, 0.15) is 5.56 Å². The predicted octanol–water partition coefficient (Wildman–Crippen LogP) is 1.94. The number of benzene rings is 2. The van der Waals surface area contributed by atoms with Gasteiger partial charge in [0.2, 0.25) is 0 Å². The third-order valence-electron chi connectivity index (χ3n) is 2.62. The fourth-order valence-electron chi connectivity index (χ4n) is 1.74. The molecule has 4 heteroatoms. The summed E-state index contributed by atoms with van der Waals surface area (Å²) in [6.45, 7) is 0. The van der Waals surface area contributed by atoms with Gasteiger partial charge >= 0.3 is 0 Å². The number of aromatic hydroxyl groups is 1. The number of nitrogens with zero attached hydrogens (tertiary/aromatic N) is 1. The van der Waals surface area contributed by atoms with Crippen molar-refractivity contribution in [1.82, 2.24) is 0 Å². The number of nitriles is 1. The molecule has 0 bridgehead atoms. The normalized spacial score (nSPS) is 11.2. The summed E-state index contributed by atoms with van der Waals surface area (Å²) in [4.78, 5) is 11.0. The molecule has 0 aliphatic heterocycles. The molecule has 0 fully saturated rings. The second-order valence-corrected chi connectivity index (χ2v) is 3.75. The molecule has 4 nitrogen and oxygen atoms in total. The maximum Gasteiger partial charge on any atom is 0.259 e. The third kappa shape index (κ3) is 2.02. The summed E-state index contributed by atoms with van der Waals surface area (Å²) < 4.78 is 0. The van der Waals surface area contributed by atoms with E-state index in [1.54, 1.807) is 18.2 Å². The minimum absolute atomic E-state index is 0.00250. The number of nitrogens with two attached hydrogens (primary N) is 1. The van der Waals surface area contributed by atoms with Crippen molar-refractivity contribution in [2.24, 2.45) is 5.73 Å². The molecule has 2 rings (SSSR count). The molecule has 0 atom stereocenters. The standard InChI is InChI=1S/C14H10N2O2/c15-8-10(14(16)18)7-12-11-4-2-1-3-9(11)5-6-13(12)17/h1-7,17H,(H2,16,18)/b10-7-. The first kappa shape index (κ1) is 11.7. The lowest BCUT2D eigenvalue weighted by molar-refractivity contribution is -0.114. The van der Waals surface area contributed by atoms with Crippen molar-refractivity contribution in [3.8, 4) is 11.8 Å². The van der Waals surface area contributed by atoms with Crippen LogP contribution < -0.4 is 5.73 Å². The first-order valence-corrected chi connectivity index (χ1v) is 5.26. The number of phenols is 1. The lowest BCUT2D eigenvalue weighted by Crippen LogP contribution is -2.12. The highest BCUT2D eigenvalue weighted by Crippen LogP contribution is 2.29. The fraction of sp³-hybridized carbons (Fsp3) is 0. The molecule has 3 N–H and O–H groups in total. The molecule has 0 heterocycles. The van der Waals surface area contributed by atoms with E-state index in [-0.39, 0.29) is 11.3 Å². The highest BCUT2D eigenvalue weighted by atomic mass is 16.3. The molecule has 2 aromatic carbocycles. The summed E-state index contributed by atoms with van der Waals surface area (Å²) in [7, 11) is 0. The molecule has 0 aliphatic rings. The Kier molecular flexibility index (Phi) is 2.98. The van der Waals surface area contributed by atoms with Gasteiger partial charge in [-0.25, -0.2) is 0 Å². The van der Waals surface area contributed by atoms with Gasteiger partial charge in [0.05, 0.1) is 0 Å². The van der Waals surface area contributed by atoms with Crippen molar-refractivity contribution < 1.29 is 9.90 Å². The number of carbonyl (C=O) groups is 1. The number of amides is 1. The fourth-order valence-corrected chi connectivity index (χ4v) is 1.74. The number of carbonyl (C=O) groups excluding carboxylic acids is 1. The minimum Gasteiger partial charge on any atom is -0.507 e. The molecule has 0 saturated heterocycles. The van der Waals surface area contributed by atoms with Gasteiger partial charge in [0.25, 0.3) is 5.91 Å². The van der Waals surface area contributed by atoms with Crippen LogP contribution in [0.15, 0.2) is 42.0 Å². The van der Waals surface area contributed by atoms with Gasteiger partial charge in [0.15, 0.2) is 0 Å². The van der Waals surface area contributed by atoms with E-state index in [0.717, 1.165) is 10.8 Å². The second-order valence-electron chi connectivity index (χ2n) is 3.75. The SMILES string of the molecule is N#C/C(=C/c1c(O)ccc2ccccc12)C(N)=O. The highest BCUT2D eigenvalue weighted by Gasteiger charge is 2.09. The van der Waals surface area contributed by atoms with Crippen LogP contribution in [0.3, 0.4) is 0 Å². The maximum absolute atomic E-state index is 11.0. The molecule has 0 aromatic heterocycles. The molecule has 2 aromatic rings.